The Hall–Kier alpha value is -1.51. The minimum absolute atomic E-state index is 0.0259. The van der Waals surface area contributed by atoms with Gasteiger partial charge in [0.25, 0.3) is 5.91 Å². The summed E-state index contributed by atoms with van der Waals surface area (Å²) in [6.45, 7) is 2.86. The van der Waals surface area contributed by atoms with E-state index in [2.05, 4.69) is 15.1 Å². The molecule has 1 atom stereocenters. The van der Waals surface area contributed by atoms with Crippen molar-refractivity contribution in [2.24, 2.45) is 0 Å². The van der Waals surface area contributed by atoms with Crippen LogP contribution in [0.25, 0.3) is 0 Å². The van der Waals surface area contributed by atoms with Gasteiger partial charge in [-0.1, -0.05) is 0 Å². The molecule has 0 unspecified atom stereocenters. The molecule has 2 aliphatic heterocycles. The van der Waals surface area contributed by atoms with E-state index < -0.39 is 5.60 Å². The third-order valence-corrected chi connectivity index (χ3v) is 6.06. The van der Waals surface area contributed by atoms with Crippen molar-refractivity contribution in [2.45, 2.75) is 62.6 Å². The number of rotatable bonds is 6. The number of nitrogens with zero attached hydrogens (tertiary/aromatic N) is 4. The van der Waals surface area contributed by atoms with Crippen LogP contribution in [-0.2, 0) is 16.1 Å². The van der Waals surface area contributed by atoms with Crippen molar-refractivity contribution in [3.63, 3.8) is 0 Å². The summed E-state index contributed by atoms with van der Waals surface area (Å²) < 4.78 is 11.5. The molecule has 0 bridgehead atoms. The zero-order chi connectivity index (χ0) is 18.1. The van der Waals surface area contributed by atoms with E-state index in [1.807, 2.05) is 4.90 Å². The molecule has 1 saturated carbocycles. The average molecular weight is 364 g/mol. The highest BCUT2D eigenvalue weighted by molar-refractivity contribution is 5.86. The quantitative estimate of drug-likeness (QED) is 0.802. The van der Waals surface area contributed by atoms with Crippen LogP contribution < -0.4 is 0 Å². The average Bonchev–Trinajstić information content (AvgIpc) is 3.23. The van der Waals surface area contributed by atoms with Gasteiger partial charge in [0.15, 0.2) is 0 Å². The van der Waals surface area contributed by atoms with Gasteiger partial charge in [-0.3, -0.25) is 9.69 Å². The molecule has 3 aliphatic rings. The Balaban J connectivity index is 1.36. The lowest BCUT2D eigenvalue weighted by Gasteiger charge is -2.42. The zero-order valence-electron chi connectivity index (χ0n) is 15.4. The predicted molar refractivity (Wildman–Crippen MR) is 92.3 cm³/mol. The molecule has 2 saturated heterocycles. The molecular weight excluding hydrogens is 336 g/mol. The van der Waals surface area contributed by atoms with E-state index in [-0.39, 0.29) is 18.6 Å². The second kappa shape index (κ2) is 7.25. The second-order valence-corrected chi connectivity index (χ2v) is 7.76. The molecule has 1 amide bonds. The third-order valence-electron chi connectivity index (χ3n) is 6.06. The summed E-state index contributed by atoms with van der Waals surface area (Å²) in [5.74, 6) is 1.92. The van der Waals surface area contributed by atoms with Crippen molar-refractivity contribution in [3.05, 3.63) is 11.8 Å². The van der Waals surface area contributed by atoms with Gasteiger partial charge >= 0.3 is 0 Å². The maximum atomic E-state index is 13.1. The van der Waals surface area contributed by atoms with Crippen LogP contribution >= 0.6 is 0 Å². The number of likely N-dealkylation sites (tertiary alicyclic amines) is 2. The highest BCUT2D eigenvalue weighted by Crippen LogP contribution is 2.39. The normalized spacial score (nSPS) is 26.4. The fourth-order valence-corrected chi connectivity index (χ4v) is 4.15. The van der Waals surface area contributed by atoms with E-state index in [4.69, 9.17) is 9.15 Å². The van der Waals surface area contributed by atoms with Crippen molar-refractivity contribution < 1.29 is 19.1 Å². The number of methoxy groups -OCH3 is 1. The minimum atomic E-state index is -0.776. The standard InChI is InChI=1S/C18H28N4O4/c1-25-18(17(24)22-8-2-3-14(22)12-23)6-9-21(10-7-18)11-15-19-20-16(26-15)13-4-5-13/h13-14,23H,2-12H2,1H3/t14-/m1/s1. The molecule has 0 aromatic carbocycles. The summed E-state index contributed by atoms with van der Waals surface area (Å²) in [5.41, 5.74) is -0.776. The van der Waals surface area contributed by atoms with E-state index in [0.717, 1.165) is 44.7 Å². The molecule has 144 valence electrons. The first kappa shape index (κ1) is 17.9. The maximum Gasteiger partial charge on any atom is 0.255 e. The van der Waals surface area contributed by atoms with Gasteiger partial charge in [-0.25, -0.2) is 0 Å². The molecule has 0 spiro atoms. The molecule has 8 nitrogen and oxygen atoms in total. The molecule has 3 fully saturated rings. The van der Waals surface area contributed by atoms with Gasteiger partial charge in [0.2, 0.25) is 11.8 Å². The third kappa shape index (κ3) is 3.37. The first-order chi connectivity index (χ1) is 12.6. The number of carbonyl (C=O) groups is 1. The highest BCUT2D eigenvalue weighted by Gasteiger charge is 2.46. The van der Waals surface area contributed by atoms with Crippen molar-refractivity contribution >= 4 is 5.91 Å². The topological polar surface area (TPSA) is 91.9 Å². The summed E-state index contributed by atoms with van der Waals surface area (Å²) in [6.07, 6.45) is 5.39. The number of aromatic nitrogens is 2. The van der Waals surface area contributed by atoms with Gasteiger partial charge < -0.3 is 19.2 Å². The Morgan fingerprint density at radius 3 is 2.69 bits per heavy atom. The van der Waals surface area contributed by atoms with Gasteiger partial charge in [-0.05, 0) is 38.5 Å². The molecule has 4 rings (SSSR count). The molecule has 0 radical (unpaired) electrons. The number of aliphatic hydroxyl groups is 1. The number of piperidine rings is 1. The second-order valence-electron chi connectivity index (χ2n) is 7.76. The van der Waals surface area contributed by atoms with Crippen molar-refractivity contribution in [2.75, 3.05) is 33.4 Å². The lowest BCUT2D eigenvalue weighted by atomic mass is 9.89. The van der Waals surface area contributed by atoms with Gasteiger partial charge in [0, 0.05) is 32.7 Å². The molecule has 1 aromatic rings. The van der Waals surface area contributed by atoms with Crippen LogP contribution in [0, 0.1) is 0 Å². The summed E-state index contributed by atoms with van der Waals surface area (Å²) in [4.78, 5) is 17.2. The fourth-order valence-electron chi connectivity index (χ4n) is 4.15. The minimum Gasteiger partial charge on any atom is -0.424 e. The lowest BCUT2D eigenvalue weighted by Crippen LogP contribution is -2.57. The monoisotopic (exact) mass is 364 g/mol. The van der Waals surface area contributed by atoms with Crippen LogP contribution in [0.1, 0.15) is 56.2 Å². The molecule has 1 aromatic heterocycles. The van der Waals surface area contributed by atoms with Crippen LogP contribution in [-0.4, -0.2) is 76.0 Å². The largest absolute Gasteiger partial charge is 0.424 e. The predicted octanol–water partition coefficient (Wildman–Crippen LogP) is 0.911. The van der Waals surface area contributed by atoms with Crippen molar-refractivity contribution in [1.29, 1.82) is 0 Å². The van der Waals surface area contributed by atoms with Gasteiger partial charge in [-0.15, -0.1) is 10.2 Å². The highest BCUT2D eigenvalue weighted by atomic mass is 16.5. The summed E-state index contributed by atoms with van der Waals surface area (Å²) >= 11 is 0. The molecule has 1 aliphatic carbocycles. The summed E-state index contributed by atoms with van der Waals surface area (Å²) in [7, 11) is 1.62. The van der Waals surface area contributed by atoms with E-state index in [1.54, 1.807) is 7.11 Å². The lowest BCUT2D eigenvalue weighted by molar-refractivity contribution is -0.163. The van der Waals surface area contributed by atoms with E-state index in [9.17, 15) is 9.90 Å². The molecule has 26 heavy (non-hydrogen) atoms. The van der Waals surface area contributed by atoms with Crippen LogP contribution in [0.3, 0.4) is 0 Å². The van der Waals surface area contributed by atoms with Crippen LogP contribution in [0.2, 0.25) is 0 Å². The Labute approximate surface area is 153 Å². The first-order valence-corrected chi connectivity index (χ1v) is 9.67. The SMILES string of the molecule is COC1(C(=O)N2CCC[C@@H]2CO)CCN(Cc2nnc(C3CC3)o2)CC1. The van der Waals surface area contributed by atoms with Crippen LogP contribution in [0.5, 0.6) is 0 Å². The van der Waals surface area contributed by atoms with Gasteiger partial charge in [0.1, 0.15) is 5.60 Å². The number of ether oxygens (including phenoxy) is 1. The van der Waals surface area contributed by atoms with Crippen LogP contribution in [0.15, 0.2) is 4.42 Å². The summed E-state index contributed by atoms with van der Waals surface area (Å²) in [5, 5.41) is 17.8. The maximum absolute atomic E-state index is 13.1. The van der Waals surface area contributed by atoms with Crippen molar-refractivity contribution in [3.8, 4) is 0 Å². The van der Waals surface area contributed by atoms with Gasteiger partial charge in [-0.2, -0.15) is 0 Å². The smallest absolute Gasteiger partial charge is 0.255 e. The number of carbonyl (C=O) groups excluding carboxylic acids is 1. The van der Waals surface area contributed by atoms with E-state index in [1.165, 1.54) is 0 Å². The Morgan fingerprint density at radius 2 is 2.04 bits per heavy atom. The number of aliphatic hydroxyl groups excluding tert-OH is 1. The van der Waals surface area contributed by atoms with Crippen LogP contribution in [0.4, 0.5) is 0 Å². The fraction of sp³-hybridized carbons (Fsp3) is 0.833. The Bertz CT molecular complexity index is 637. The Kier molecular flexibility index (Phi) is 4.98. The summed E-state index contributed by atoms with van der Waals surface area (Å²) in [6, 6.07) is -0.0632. The molecule has 1 N–H and O–H groups in total. The van der Waals surface area contributed by atoms with E-state index in [0.29, 0.717) is 37.7 Å². The number of amides is 1. The Morgan fingerprint density at radius 1 is 1.27 bits per heavy atom. The number of hydrogen-bond acceptors (Lipinski definition) is 7. The first-order valence-electron chi connectivity index (χ1n) is 9.67. The molecular formula is C18H28N4O4. The number of hydrogen-bond donors (Lipinski definition) is 1. The van der Waals surface area contributed by atoms with Gasteiger partial charge in [0.05, 0.1) is 19.2 Å². The molecule has 8 heteroatoms. The van der Waals surface area contributed by atoms with E-state index >= 15 is 0 Å². The van der Waals surface area contributed by atoms with Crippen molar-refractivity contribution in [1.82, 2.24) is 20.0 Å². The zero-order valence-corrected chi connectivity index (χ0v) is 15.4. The molecule has 3 heterocycles.